The van der Waals surface area contributed by atoms with E-state index >= 15 is 0 Å². The van der Waals surface area contributed by atoms with Crippen molar-refractivity contribution in [2.24, 2.45) is 5.92 Å². The summed E-state index contributed by atoms with van der Waals surface area (Å²) in [5.41, 5.74) is 1.18. The minimum absolute atomic E-state index is 0.145. The quantitative estimate of drug-likeness (QED) is 0.893. The zero-order chi connectivity index (χ0) is 12.3. The van der Waals surface area contributed by atoms with Gasteiger partial charge in [-0.3, -0.25) is 0 Å². The maximum Gasteiger partial charge on any atom is 0.150 e. The molecule has 0 bridgehead atoms. The first kappa shape index (κ1) is 12.6. The summed E-state index contributed by atoms with van der Waals surface area (Å²) in [7, 11) is -0.933. The van der Waals surface area contributed by atoms with Crippen LogP contribution in [0.15, 0.2) is 30.3 Å². The maximum absolute atomic E-state index is 11.7. The molecule has 0 spiro atoms. The predicted molar refractivity (Wildman–Crippen MR) is 69.6 cm³/mol. The number of sulfone groups is 1. The van der Waals surface area contributed by atoms with Gasteiger partial charge in [-0.2, -0.15) is 0 Å². The fourth-order valence-electron chi connectivity index (χ4n) is 2.66. The highest BCUT2D eigenvalue weighted by Crippen LogP contribution is 2.30. The Morgan fingerprint density at radius 1 is 1.29 bits per heavy atom. The van der Waals surface area contributed by atoms with E-state index in [4.69, 9.17) is 0 Å². The summed E-state index contributed by atoms with van der Waals surface area (Å²) in [5, 5.41) is 3.26. The number of benzene rings is 1. The molecule has 1 aliphatic heterocycles. The molecule has 1 aromatic carbocycles. The fraction of sp³-hybridized carbons (Fsp3) is 0.538. The molecule has 1 aliphatic rings. The molecule has 1 saturated heterocycles. The van der Waals surface area contributed by atoms with Gasteiger partial charge in [-0.15, -0.1) is 0 Å². The van der Waals surface area contributed by atoms with Gasteiger partial charge in [-0.05, 0) is 31.4 Å². The Hall–Kier alpha value is -0.870. The van der Waals surface area contributed by atoms with E-state index in [1.54, 1.807) is 0 Å². The van der Waals surface area contributed by atoms with Crippen LogP contribution in [0.25, 0.3) is 0 Å². The fourth-order valence-corrected chi connectivity index (χ4v) is 4.44. The average Bonchev–Trinajstić information content (AvgIpc) is 2.30. The van der Waals surface area contributed by atoms with E-state index in [1.807, 2.05) is 25.2 Å². The summed E-state index contributed by atoms with van der Waals surface area (Å²) >= 11 is 0. The topological polar surface area (TPSA) is 46.2 Å². The second kappa shape index (κ2) is 5.19. The van der Waals surface area contributed by atoms with Gasteiger partial charge in [0.2, 0.25) is 0 Å². The van der Waals surface area contributed by atoms with E-state index in [-0.39, 0.29) is 12.0 Å². The van der Waals surface area contributed by atoms with Crippen LogP contribution in [0, 0.1) is 5.92 Å². The summed E-state index contributed by atoms with van der Waals surface area (Å²) in [6, 6.07) is 10.2. The van der Waals surface area contributed by atoms with E-state index in [1.165, 1.54) is 5.56 Å². The van der Waals surface area contributed by atoms with Gasteiger partial charge < -0.3 is 5.32 Å². The second-order valence-corrected chi connectivity index (χ2v) is 6.92. The molecule has 0 saturated carbocycles. The highest BCUT2D eigenvalue weighted by Gasteiger charge is 2.30. The lowest BCUT2D eigenvalue weighted by molar-refractivity contribution is 0.373. The van der Waals surface area contributed by atoms with Gasteiger partial charge in [0, 0.05) is 6.04 Å². The van der Waals surface area contributed by atoms with Crippen molar-refractivity contribution < 1.29 is 8.42 Å². The van der Waals surface area contributed by atoms with Gasteiger partial charge in [0.25, 0.3) is 0 Å². The third-order valence-corrected chi connectivity index (χ3v) is 5.29. The molecule has 2 rings (SSSR count). The van der Waals surface area contributed by atoms with Crippen LogP contribution in [-0.4, -0.2) is 27.0 Å². The van der Waals surface area contributed by atoms with Crippen LogP contribution >= 0.6 is 0 Å². The molecule has 0 aliphatic carbocycles. The van der Waals surface area contributed by atoms with Crippen LogP contribution in [0.1, 0.15) is 24.4 Å². The van der Waals surface area contributed by atoms with Crippen molar-refractivity contribution in [1.82, 2.24) is 5.32 Å². The van der Waals surface area contributed by atoms with Crippen molar-refractivity contribution in [2.45, 2.75) is 18.9 Å². The number of rotatable bonds is 3. The zero-order valence-electron chi connectivity index (χ0n) is 10.1. The molecule has 94 valence electrons. The SMILES string of the molecule is CNC(c1ccccc1)C1CCCS(=O)(=O)C1. The Kier molecular flexibility index (Phi) is 3.84. The second-order valence-electron chi connectivity index (χ2n) is 4.69. The third-order valence-electron chi connectivity index (χ3n) is 3.44. The van der Waals surface area contributed by atoms with Crippen LogP contribution in [0.2, 0.25) is 0 Å². The van der Waals surface area contributed by atoms with Gasteiger partial charge in [-0.25, -0.2) is 8.42 Å². The standard InChI is InChI=1S/C13H19NO2S/c1-14-13(11-6-3-2-4-7-11)12-8-5-9-17(15,16)10-12/h2-4,6-7,12-14H,5,8-10H2,1H3. The third kappa shape index (κ3) is 3.07. The van der Waals surface area contributed by atoms with E-state index in [0.717, 1.165) is 12.8 Å². The minimum atomic E-state index is -2.84. The van der Waals surface area contributed by atoms with Crippen molar-refractivity contribution in [3.8, 4) is 0 Å². The number of nitrogens with one attached hydrogen (secondary N) is 1. The lowest BCUT2D eigenvalue weighted by Gasteiger charge is -2.30. The van der Waals surface area contributed by atoms with Crippen molar-refractivity contribution in [3.63, 3.8) is 0 Å². The average molecular weight is 253 g/mol. The van der Waals surface area contributed by atoms with Gasteiger partial charge >= 0.3 is 0 Å². The molecule has 1 fully saturated rings. The van der Waals surface area contributed by atoms with Crippen LogP contribution < -0.4 is 5.32 Å². The van der Waals surface area contributed by atoms with E-state index in [2.05, 4.69) is 17.4 Å². The molecular weight excluding hydrogens is 234 g/mol. The van der Waals surface area contributed by atoms with Crippen LogP contribution in [0.3, 0.4) is 0 Å². The molecule has 2 unspecified atom stereocenters. The lowest BCUT2D eigenvalue weighted by Crippen LogP contribution is -2.34. The first-order chi connectivity index (χ1) is 8.12. The molecule has 17 heavy (non-hydrogen) atoms. The maximum atomic E-state index is 11.7. The normalized spacial score (nSPS) is 25.4. The van der Waals surface area contributed by atoms with Crippen molar-refractivity contribution in [2.75, 3.05) is 18.6 Å². The minimum Gasteiger partial charge on any atom is -0.313 e. The largest absolute Gasteiger partial charge is 0.313 e. The number of hydrogen-bond donors (Lipinski definition) is 1. The molecule has 1 heterocycles. The van der Waals surface area contributed by atoms with Crippen LogP contribution in [0.4, 0.5) is 0 Å². The summed E-state index contributed by atoms with van der Waals surface area (Å²) in [5.74, 6) is 0.864. The Morgan fingerprint density at radius 2 is 2.00 bits per heavy atom. The van der Waals surface area contributed by atoms with E-state index < -0.39 is 9.84 Å². The Morgan fingerprint density at radius 3 is 2.59 bits per heavy atom. The molecule has 0 radical (unpaired) electrons. The van der Waals surface area contributed by atoms with E-state index in [9.17, 15) is 8.42 Å². The molecule has 0 aromatic heterocycles. The van der Waals surface area contributed by atoms with Gasteiger partial charge in [0.15, 0.2) is 9.84 Å². The molecule has 4 heteroatoms. The molecule has 2 atom stereocenters. The smallest absolute Gasteiger partial charge is 0.150 e. The number of hydrogen-bond acceptors (Lipinski definition) is 3. The molecule has 3 nitrogen and oxygen atoms in total. The first-order valence-electron chi connectivity index (χ1n) is 6.05. The first-order valence-corrected chi connectivity index (χ1v) is 7.87. The highest BCUT2D eigenvalue weighted by atomic mass is 32.2. The van der Waals surface area contributed by atoms with Crippen LogP contribution in [0.5, 0.6) is 0 Å². The van der Waals surface area contributed by atoms with Crippen LogP contribution in [-0.2, 0) is 9.84 Å². The zero-order valence-corrected chi connectivity index (χ0v) is 10.9. The summed E-state index contributed by atoms with van der Waals surface area (Å²) in [4.78, 5) is 0. The Labute approximate surface area is 103 Å². The monoisotopic (exact) mass is 253 g/mol. The van der Waals surface area contributed by atoms with Gasteiger partial charge in [0.05, 0.1) is 11.5 Å². The Balaban J connectivity index is 2.19. The molecule has 0 amide bonds. The molecule has 1 aromatic rings. The van der Waals surface area contributed by atoms with Gasteiger partial charge in [0.1, 0.15) is 0 Å². The lowest BCUT2D eigenvalue weighted by atomic mass is 9.91. The van der Waals surface area contributed by atoms with Crippen molar-refractivity contribution >= 4 is 9.84 Å². The molecule has 1 N–H and O–H groups in total. The van der Waals surface area contributed by atoms with E-state index in [0.29, 0.717) is 11.5 Å². The Bertz CT molecular complexity index is 456. The summed E-state index contributed by atoms with van der Waals surface area (Å²) in [6.07, 6.45) is 1.78. The molecular formula is C13H19NO2S. The van der Waals surface area contributed by atoms with Gasteiger partial charge in [-0.1, -0.05) is 30.3 Å². The predicted octanol–water partition coefficient (Wildman–Crippen LogP) is 1.77. The summed E-state index contributed by atoms with van der Waals surface area (Å²) in [6.45, 7) is 0. The highest BCUT2D eigenvalue weighted by molar-refractivity contribution is 7.91. The van der Waals surface area contributed by atoms with Crippen molar-refractivity contribution in [3.05, 3.63) is 35.9 Å². The van der Waals surface area contributed by atoms with Crippen molar-refractivity contribution in [1.29, 1.82) is 0 Å². The summed E-state index contributed by atoms with van der Waals surface area (Å²) < 4.78 is 23.4.